The first-order chi connectivity index (χ1) is 14.7. The second-order valence-corrected chi connectivity index (χ2v) is 8.78. The molecule has 0 aromatic carbocycles. The van der Waals surface area contributed by atoms with Crippen molar-refractivity contribution < 1.29 is 4.79 Å². The van der Waals surface area contributed by atoms with Crippen LogP contribution in [0.15, 0.2) is 46.8 Å². The number of aromatic nitrogens is 3. The van der Waals surface area contributed by atoms with E-state index in [1.807, 2.05) is 40.7 Å². The molecular formula is C22H23N5O2S. The number of rotatable bonds is 4. The highest BCUT2D eigenvalue weighted by Gasteiger charge is 2.34. The monoisotopic (exact) mass is 421 g/mol. The van der Waals surface area contributed by atoms with Gasteiger partial charge in [0.2, 0.25) is 0 Å². The molecule has 1 amide bonds. The molecule has 2 aliphatic rings. The Morgan fingerprint density at radius 1 is 1.27 bits per heavy atom. The largest absolute Gasteiger partial charge is 0.328 e. The normalized spacial score (nSPS) is 19.1. The Morgan fingerprint density at radius 2 is 2.20 bits per heavy atom. The topological polar surface area (TPSA) is 82.2 Å². The summed E-state index contributed by atoms with van der Waals surface area (Å²) < 4.78 is 0. The lowest BCUT2D eigenvalue weighted by molar-refractivity contribution is 0.0734. The van der Waals surface area contributed by atoms with Gasteiger partial charge in [0.1, 0.15) is 5.82 Å². The SMILES string of the molecule is O=C(c1cccs1)N1CCCC1c1nc2c(c(=O)[nH]1)CN(Cc1cccnc1)CC2. The second-order valence-electron chi connectivity index (χ2n) is 7.83. The molecule has 2 aliphatic heterocycles. The first-order valence-electron chi connectivity index (χ1n) is 10.3. The average molecular weight is 422 g/mol. The lowest BCUT2D eigenvalue weighted by atomic mass is 10.1. The van der Waals surface area contributed by atoms with Gasteiger partial charge in [0, 0.05) is 45.0 Å². The molecule has 1 saturated heterocycles. The molecule has 0 radical (unpaired) electrons. The smallest absolute Gasteiger partial charge is 0.264 e. The van der Waals surface area contributed by atoms with E-state index in [0.29, 0.717) is 18.9 Å². The number of H-pyrrole nitrogens is 1. The summed E-state index contributed by atoms with van der Waals surface area (Å²) in [5, 5.41) is 1.91. The quantitative estimate of drug-likeness (QED) is 0.701. The number of thiophene rings is 1. The van der Waals surface area contributed by atoms with Crippen molar-refractivity contribution in [2.75, 3.05) is 13.1 Å². The first kappa shape index (κ1) is 19.1. The van der Waals surface area contributed by atoms with Crippen molar-refractivity contribution in [3.05, 3.63) is 79.9 Å². The van der Waals surface area contributed by atoms with Crippen LogP contribution >= 0.6 is 11.3 Å². The molecule has 1 atom stereocenters. The molecule has 1 fully saturated rings. The van der Waals surface area contributed by atoms with Crippen LogP contribution in [0, 0.1) is 0 Å². The Hall–Kier alpha value is -2.84. The molecule has 0 spiro atoms. The number of hydrogen-bond donors (Lipinski definition) is 1. The van der Waals surface area contributed by atoms with Gasteiger partial charge in [-0.25, -0.2) is 4.98 Å². The Bertz CT molecular complexity index is 1100. The lowest BCUT2D eigenvalue weighted by Crippen LogP contribution is -2.37. The number of carbonyl (C=O) groups is 1. The Morgan fingerprint density at radius 3 is 3.00 bits per heavy atom. The fraction of sp³-hybridized carbons (Fsp3) is 0.364. The summed E-state index contributed by atoms with van der Waals surface area (Å²) in [5.41, 5.74) is 2.66. The van der Waals surface area contributed by atoms with Crippen LogP contribution in [0.3, 0.4) is 0 Å². The standard InChI is InChI=1S/C22H23N5O2S/c28-21-16-14-26(13-15-4-1-8-23-12-15)10-7-17(16)24-20(25-21)18-5-2-9-27(18)22(29)19-6-3-11-30-19/h1,3-4,6,8,11-12,18H,2,5,7,9-10,13-14H2,(H,24,25,28). The highest BCUT2D eigenvalue weighted by Crippen LogP contribution is 2.32. The average Bonchev–Trinajstić information content (AvgIpc) is 3.47. The van der Waals surface area contributed by atoms with Crippen molar-refractivity contribution >= 4 is 17.2 Å². The maximum Gasteiger partial charge on any atom is 0.264 e. The number of nitrogens with one attached hydrogen (secondary N) is 1. The summed E-state index contributed by atoms with van der Waals surface area (Å²) in [5.74, 6) is 0.650. The number of nitrogens with zero attached hydrogens (tertiary/aromatic N) is 4. The molecule has 0 bridgehead atoms. The molecule has 0 aliphatic carbocycles. The first-order valence-corrected chi connectivity index (χ1v) is 11.1. The highest BCUT2D eigenvalue weighted by molar-refractivity contribution is 7.12. The number of hydrogen-bond acceptors (Lipinski definition) is 6. The third kappa shape index (κ3) is 3.68. The van der Waals surface area contributed by atoms with E-state index >= 15 is 0 Å². The zero-order valence-electron chi connectivity index (χ0n) is 16.6. The van der Waals surface area contributed by atoms with Gasteiger partial charge in [-0.15, -0.1) is 11.3 Å². The number of fused-ring (bicyclic) bond motifs is 1. The lowest BCUT2D eigenvalue weighted by Gasteiger charge is -2.29. The van der Waals surface area contributed by atoms with Gasteiger partial charge < -0.3 is 9.88 Å². The molecule has 30 heavy (non-hydrogen) atoms. The molecule has 5 heterocycles. The zero-order chi connectivity index (χ0) is 20.5. The number of pyridine rings is 1. The molecule has 5 rings (SSSR count). The molecule has 1 unspecified atom stereocenters. The van der Waals surface area contributed by atoms with Crippen molar-refractivity contribution in [2.24, 2.45) is 0 Å². The summed E-state index contributed by atoms with van der Waals surface area (Å²) in [7, 11) is 0. The summed E-state index contributed by atoms with van der Waals surface area (Å²) in [6.45, 7) is 2.89. The third-order valence-corrected chi connectivity index (χ3v) is 6.71. The minimum atomic E-state index is -0.161. The van der Waals surface area contributed by atoms with E-state index in [1.165, 1.54) is 11.3 Å². The Labute approximate surface area is 178 Å². The summed E-state index contributed by atoms with van der Waals surface area (Å²) in [6.07, 6.45) is 6.10. The van der Waals surface area contributed by atoms with E-state index in [0.717, 1.165) is 54.0 Å². The van der Waals surface area contributed by atoms with Crippen molar-refractivity contribution in [2.45, 2.75) is 38.4 Å². The fourth-order valence-electron chi connectivity index (χ4n) is 4.38. The van der Waals surface area contributed by atoms with Crippen LogP contribution in [0.25, 0.3) is 0 Å². The summed E-state index contributed by atoms with van der Waals surface area (Å²) in [4.78, 5) is 42.6. The molecule has 0 saturated carbocycles. The van der Waals surface area contributed by atoms with Crippen LogP contribution in [-0.4, -0.2) is 43.7 Å². The van der Waals surface area contributed by atoms with E-state index in [1.54, 1.807) is 6.20 Å². The maximum atomic E-state index is 12.9. The van der Waals surface area contributed by atoms with E-state index in [-0.39, 0.29) is 17.5 Å². The predicted octanol–water partition coefficient (Wildman–Crippen LogP) is 2.76. The minimum absolute atomic E-state index is 0.0236. The Balaban J connectivity index is 1.37. The van der Waals surface area contributed by atoms with E-state index < -0.39 is 0 Å². The van der Waals surface area contributed by atoms with Crippen molar-refractivity contribution in [1.82, 2.24) is 24.8 Å². The van der Waals surface area contributed by atoms with Gasteiger partial charge >= 0.3 is 0 Å². The maximum absolute atomic E-state index is 12.9. The highest BCUT2D eigenvalue weighted by atomic mass is 32.1. The van der Waals surface area contributed by atoms with Gasteiger partial charge in [-0.3, -0.25) is 19.5 Å². The van der Waals surface area contributed by atoms with Crippen LogP contribution < -0.4 is 5.56 Å². The van der Waals surface area contributed by atoms with E-state index in [9.17, 15) is 9.59 Å². The van der Waals surface area contributed by atoms with Gasteiger partial charge in [0.25, 0.3) is 11.5 Å². The van der Waals surface area contributed by atoms with Crippen molar-refractivity contribution in [3.8, 4) is 0 Å². The molecule has 7 nitrogen and oxygen atoms in total. The zero-order valence-corrected chi connectivity index (χ0v) is 17.4. The van der Waals surface area contributed by atoms with Crippen LogP contribution in [0.5, 0.6) is 0 Å². The van der Waals surface area contributed by atoms with E-state index in [2.05, 4.69) is 14.9 Å². The minimum Gasteiger partial charge on any atom is -0.328 e. The number of aromatic amines is 1. The Kier molecular flexibility index (Phi) is 5.18. The molecule has 3 aromatic rings. The van der Waals surface area contributed by atoms with Gasteiger partial charge in [-0.05, 0) is 35.9 Å². The third-order valence-electron chi connectivity index (χ3n) is 5.86. The predicted molar refractivity (Wildman–Crippen MR) is 114 cm³/mol. The summed E-state index contributed by atoms with van der Waals surface area (Å²) >= 11 is 1.45. The van der Waals surface area contributed by atoms with Crippen molar-refractivity contribution in [1.29, 1.82) is 0 Å². The van der Waals surface area contributed by atoms with Crippen LogP contribution in [0.4, 0.5) is 0 Å². The van der Waals surface area contributed by atoms with Gasteiger partial charge in [-0.1, -0.05) is 12.1 Å². The molecular weight excluding hydrogens is 398 g/mol. The molecule has 8 heteroatoms. The fourth-order valence-corrected chi connectivity index (χ4v) is 5.06. The van der Waals surface area contributed by atoms with Crippen molar-refractivity contribution in [3.63, 3.8) is 0 Å². The molecule has 3 aromatic heterocycles. The van der Waals surface area contributed by atoms with Crippen LogP contribution in [0.1, 0.15) is 51.2 Å². The second kappa shape index (κ2) is 8.12. The molecule has 1 N–H and O–H groups in total. The van der Waals surface area contributed by atoms with Gasteiger partial charge in [0.15, 0.2) is 0 Å². The molecule has 154 valence electrons. The number of amides is 1. The van der Waals surface area contributed by atoms with Crippen LogP contribution in [-0.2, 0) is 19.5 Å². The number of carbonyl (C=O) groups excluding carboxylic acids is 1. The number of likely N-dealkylation sites (tertiary alicyclic amines) is 1. The van der Waals surface area contributed by atoms with Gasteiger partial charge in [-0.2, -0.15) is 0 Å². The van der Waals surface area contributed by atoms with E-state index in [4.69, 9.17) is 4.98 Å². The van der Waals surface area contributed by atoms with Gasteiger partial charge in [0.05, 0.1) is 22.2 Å². The summed E-state index contributed by atoms with van der Waals surface area (Å²) in [6, 6.07) is 7.55. The van der Waals surface area contributed by atoms with Crippen LogP contribution in [0.2, 0.25) is 0 Å².